The molecule has 28 heavy (non-hydrogen) atoms. The van der Waals surface area contributed by atoms with Crippen molar-refractivity contribution >= 4 is 22.9 Å². The van der Waals surface area contributed by atoms with Crippen molar-refractivity contribution < 1.29 is 14.3 Å². The van der Waals surface area contributed by atoms with Crippen molar-refractivity contribution in [1.29, 1.82) is 0 Å². The van der Waals surface area contributed by atoms with E-state index < -0.39 is 0 Å². The monoisotopic (exact) mass is 397 g/mol. The first-order valence-electron chi connectivity index (χ1n) is 8.78. The van der Waals surface area contributed by atoms with Gasteiger partial charge in [-0.15, -0.1) is 11.3 Å². The summed E-state index contributed by atoms with van der Waals surface area (Å²) in [6, 6.07) is 12.9. The Labute approximate surface area is 168 Å². The van der Waals surface area contributed by atoms with Crippen LogP contribution < -0.4 is 14.8 Å². The molecule has 0 atom stereocenters. The summed E-state index contributed by atoms with van der Waals surface area (Å²) in [5.41, 5.74) is 4.96. The predicted octanol–water partition coefficient (Wildman–Crippen LogP) is 4.04. The fourth-order valence-electron chi connectivity index (χ4n) is 2.70. The number of para-hydroxylation sites is 1. The zero-order valence-electron chi connectivity index (χ0n) is 16.1. The van der Waals surface area contributed by atoms with Crippen molar-refractivity contribution in [1.82, 2.24) is 9.88 Å². The highest BCUT2D eigenvalue weighted by Gasteiger charge is 2.13. The smallest absolute Gasteiger partial charge is 0.255 e. The van der Waals surface area contributed by atoms with Crippen molar-refractivity contribution in [3.8, 4) is 11.5 Å². The molecule has 0 aliphatic carbocycles. The minimum absolute atomic E-state index is 0.199. The van der Waals surface area contributed by atoms with Gasteiger partial charge in [0.1, 0.15) is 6.61 Å². The van der Waals surface area contributed by atoms with E-state index in [9.17, 15) is 4.79 Å². The molecule has 0 aliphatic heterocycles. The lowest BCUT2D eigenvalue weighted by atomic mass is 10.1. The van der Waals surface area contributed by atoms with Gasteiger partial charge in [-0.2, -0.15) is 0 Å². The first-order chi connectivity index (χ1) is 13.6. The number of hydrogen-bond donors (Lipinski definition) is 1. The Morgan fingerprint density at radius 3 is 2.71 bits per heavy atom. The first-order valence-corrected chi connectivity index (χ1v) is 9.73. The van der Waals surface area contributed by atoms with Gasteiger partial charge >= 0.3 is 0 Å². The number of aromatic nitrogens is 1. The molecule has 0 saturated heterocycles. The lowest BCUT2D eigenvalue weighted by Gasteiger charge is -2.15. The molecule has 1 heterocycles. The van der Waals surface area contributed by atoms with Crippen molar-refractivity contribution in [2.75, 3.05) is 26.5 Å². The highest BCUT2D eigenvalue weighted by molar-refractivity contribution is 7.07. The summed E-state index contributed by atoms with van der Waals surface area (Å²) in [7, 11) is 5.54. The number of amides is 1. The van der Waals surface area contributed by atoms with Gasteiger partial charge in [0, 0.05) is 23.2 Å². The van der Waals surface area contributed by atoms with E-state index in [0.717, 1.165) is 23.5 Å². The molecule has 3 aromatic rings. The molecule has 0 saturated carbocycles. The van der Waals surface area contributed by atoms with Crippen LogP contribution in [0.3, 0.4) is 0 Å². The Balaban J connectivity index is 1.73. The molecule has 0 aliphatic rings. The van der Waals surface area contributed by atoms with Crippen LogP contribution in [0.25, 0.3) is 0 Å². The van der Waals surface area contributed by atoms with Gasteiger partial charge in [-0.3, -0.25) is 4.79 Å². The normalized spacial score (nSPS) is 10.7. The van der Waals surface area contributed by atoms with E-state index in [2.05, 4.69) is 15.2 Å². The van der Waals surface area contributed by atoms with Crippen LogP contribution in [0, 0.1) is 0 Å². The molecule has 146 valence electrons. The van der Waals surface area contributed by atoms with Gasteiger partial charge in [0.25, 0.3) is 5.91 Å². The lowest BCUT2D eigenvalue weighted by molar-refractivity contribution is 0.102. The number of benzene rings is 2. The summed E-state index contributed by atoms with van der Waals surface area (Å²) < 4.78 is 11.2. The fraction of sp³-hybridized carbons (Fsp3) is 0.238. The van der Waals surface area contributed by atoms with Gasteiger partial charge in [0.15, 0.2) is 11.5 Å². The van der Waals surface area contributed by atoms with Crippen LogP contribution in [0.5, 0.6) is 11.5 Å². The van der Waals surface area contributed by atoms with Crippen LogP contribution >= 0.6 is 11.3 Å². The van der Waals surface area contributed by atoms with Crippen LogP contribution in [0.2, 0.25) is 0 Å². The molecule has 2 aromatic carbocycles. The van der Waals surface area contributed by atoms with Crippen molar-refractivity contribution in [2.24, 2.45) is 0 Å². The van der Waals surface area contributed by atoms with Crippen LogP contribution in [0.15, 0.2) is 53.4 Å². The molecule has 3 rings (SSSR count). The van der Waals surface area contributed by atoms with Crippen LogP contribution in [0.1, 0.15) is 21.6 Å². The van der Waals surface area contributed by atoms with Gasteiger partial charge < -0.3 is 19.7 Å². The molecule has 7 heteroatoms. The second-order valence-electron chi connectivity index (χ2n) is 6.48. The van der Waals surface area contributed by atoms with E-state index in [1.54, 1.807) is 30.8 Å². The number of anilines is 1. The molecule has 6 nitrogen and oxygen atoms in total. The molecule has 0 spiro atoms. The van der Waals surface area contributed by atoms with Gasteiger partial charge in [0.05, 0.1) is 18.3 Å². The summed E-state index contributed by atoms with van der Waals surface area (Å²) >= 11 is 1.52. The molecule has 0 fully saturated rings. The minimum atomic E-state index is -0.199. The largest absolute Gasteiger partial charge is 0.493 e. The number of nitrogens with one attached hydrogen (secondary N) is 1. The molecule has 0 bridgehead atoms. The zero-order chi connectivity index (χ0) is 19.9. The minimum Gasteiger partial charge on any atom is -0.493 e. The quantitative estimate of drug-likeness (QED) is 0.621. The summed E-state index contributed by atoms with van der Waals surface area (Å²) in [6.07, 6.45) is 0. The number of carbonyl (C=O) groups is 1. The summed E-state index contributed by atoms with van der Waals surface area (Å²) in [6.45, 7) is 1.09. The van der Waals surface area contributed by atoms with E-state index in [1.165, 1.54) is 11.3 Å². The average Bonchev–Trinajstić information content (AvgIpc) is 3.21. The number of carbonyl (C=O) groups excluding carboxylic acids is 1. The Morgan fingerprint density at radius 2 is 2.00 bits per heavy atom. The number of ether oxygens (including phenoxy) is 2. The summed E-state index contributed by atoms with van der Waals surface area (Å²) in [5, 5.41) is 4.92. The number of rotatable bonds is 8. The molecule has 1 N–H and O–H groups in total. The molecule has 0 radical (unpaired) electrons. The second-order valence-corrected chi connectivity index (χ2v) is 7.20. The van der Waals surface area contributed by atoms with Crippen LogP contribution in [-0.4, -0.2) is 37.0 Å². The van der Waals surface area contributed by atoms with Gasteiger partial charge in [-0.1, -0.05) is 18.2 Å². The standard InChI is InChI=1S/C21H23N3O3S/c1-24(2)11-16-6-4-5-7-18(16)23-21(25)15-8-9-19(20(10-15)26-3)27-12-17-13-28-14-22-17/h4-10,13-14H,11-12H2,1-3H3,(H,23,25). The summed E-state index contributed by atoms with van der Waals surface area (Å²) in [4.78, 5) is 19.0. The number of hydrogen-bond acceptors (Lipinski definition) is 6. The Hall–Kier alpha value is -2.90. The first kappa shape index (κ1) is 19.9. The number of methoxy groups -OCH3 is 1. The van der Waals surface area contributed by atoms with Gasteiger partial charge in [0.2, 0.25) is 0 Å². The average molecular weight is 398 g/mol. The SMILES string of the molecule is COc1cc(C(=O)Nc2ccccc2CN(C)C)ccc1OCc1cscn1. The van der Waals surface area contributed by atoms with E-state index in [0.29, 0.717) is 23.7 Å². The van der Waals surface area contributed by atoms with Gasteiger partial charge in [-0.05, 0) is 43.9 Å². The van der Waals surface area contributed by atoms with Crippen molar-refractivity contribution in [3.63, 3.8) is 0 Å². The zero-order valence-corrected chi connectivity index (χ0v) is 17.0. The van der Waals surface area contributed by atoms with E-state index in [1.807, 2.05) is 43.7 Å². The third-order valence-corrected chi connectivity index (χ3v) is 4.67. The number of thiazole rings is 1. The molecule has 1 amide bonds. The number of nitrogens with zero attached hydrogens (tertiary/aromatic N) is 2. The maximum atomic E-state index is 12.7. The molecule has 0 unspecified atom stereocenters. The molecule has 1 aromatic heterocycles. The topological polar surface area (TPSA) is 63.7 Å². The Morgan fingerprint density at radius 1 is 1.18 bits per heavy atom. The maximum absolute atomic E-state index is 12.7. The molecular weight excluding hydrogens is 374 g/mol. The second kappa shape index (κ2) is 9.34. The van der Waals surface area contributed by atoms with E-state index in [4.69, 9.17) is 9.47 Å². The highest BCUT2D eigenvalue weighted by atomic mass is 32.1. The lowest BCUT2D eigenvalue weighted by Crippen LogP contribution is -2.16. The van der Waals surface area contributed by atoms with Crippen molar-refractivity contribution in [2.45, 2.75) is 13.2 Å². The molecular formula is C21H23N3O3S. The summed E-state index contributed by atoms with van der Waals surface area (Å²) in [5.74, 6) is 0.875. The van der Waals surface area contributed by atoms with E-state index in [-0.39, 0.29) is 5.91 Å². The van der Waals surface area contributed by atoms with E-state index >= 15 is 0 Å². The fourth-order valence-corrected chi connectivity index (χ4v) is 3.25. The van der Waals surface area contributed by atoms with Crippen molar-refractivity contribution in [3.05, 3.63) is 70.2 Å². The van der Waals surface area contributed by atoms with Gasteiger partial charge in [-0.25, -0.2) is 4.98 Å². The van der Waals surface area contributed by atoms with Crippen LogP contribution in [-0.2, 0) is 13.2 Å². The third kappa shape index (κ3) is 5.09. The Kier molecular flexibility index (Phi) is 6.62. The highest BCUT2D eigenvalue weighted by Crippen LogP contribution is 2.29. The predicted molar refractivity (Wildman–Crippen MR) is 111 cm³/mol. The van der Waals surface area contributed by atoms with Crippen LogP contribution in [0.4, 0.5) is 5.69 Å². The third-order valence-electron chi connectivity index (χ3n) is 4.04. The Bertz CT molecular complexity index is 926. The maximum Gasteiger partial charge on any atom is 0.255 e.